The predicted molar refractivity (Wildman–Crippen MR) is 512 cm³/mol. The molecule has 22 heteroatoms. The largest absolute Gasteiger partial charge is 0.497 e. The molecule has 670 valence electrons. The first-order valence-corrected chi connectivity index (χ1v) is 44.2. The van der Waals surface area contributed by atoms with Gasteiger partial charge in [0.1, 0.15) is 35.2 Å². The zero-order valence-corrected chi connectivity index (χ0v) is 75.0. The van der Waals surface area contributed by atoms with Crippen LogP contribution >= 0.6 is 0 Å². The Balaban J connectivity index is 0.583. The van der Waals surface area contributed by atoms with Crippen LogP contribution in [0.1, 0.15) is 56.7 Å². The zero-order valence-electron chi connectivity index (χ0n) is 75.0. The molecule has 132 heavy (non-hydrogen) atoms. The second-order valence-corrected chi connectivity index (χ2v) is 31.6. The number of hydrogen-bond acceptors (Lipinski definition) is 22. The lowest BCUT2D eigenvalue weighted by Crippen LogP contribution is -2.40. The maximum atomic E-state index is 6.82. The van der Waals surface area contributed by atoms with Gasteiger partial charge in [0.25, 0.3) is 0 Å². The van der Waals surface area contributed by atoms with Gasteiger partial charge in [-0.3, -0.25) is 9.97 Å². The van der Waals surface area contributed by atoms with E-state index >= 15 is 0 Å². The van der Waals surface area contributed by atoms with Crippen LogP contribution in [0, 0.1) is 13.8 Å². The minimum absolute atomic E-state index is 0.182. The average molecular weight is 1760 g/mol. The summed E-state index contributed by atoms with van der Waals surface area (Å²) in [5, 5.41) is 4.48. The van der Waals surface area contributed by atoms with E-state index in [0.29, 0.717) is 58.8 Å². The second kappa shape index (κ2) is 46.7. The number of ether oxygens (including phenoxy) is 14. The fraction of sp³-hybridized carbons (Fsp3) is 0.236. The van der Waals surface area contributed by atoms with E-state index in [2.05, 4.69) is 84.9 Å². The van der Waals surface area contributed by atoms with Crippen LogP contribution in [-0.2, 0) is 100 Å². The summed E-state index contributed by atoms with van der Waals surface area (Å²) in [6, 6.07) is 101. The summed E-state index contributed by atoms with van der Waals surface area (Å²) < 4.78 is 87.4. The number of methoxy groups -OCH3 is 4. The highest BCUT2D eigenvalue weighted by atomic mass is 16.6. The van der Waals surface area contributed by atoms with Crippen molar-refractivity contribution in [2.75, 3.05) is 94.5 Å². The number of aryl methyl sites for hydroxylation is 2. The summed E-state index contributed by atoms with van der Waals surface area (Å²) in [7, 11) is 6.64. The summed E-state index contributed by atoms with van der Waals surface area (Å²) >= 11 is 0. The Kier molecular flexibility index (Phi) is 32.4. The first-order chi connectivity index (χ1) is 65.0. The van der Waals surface area contributed by atoms with Gasteiger partial charge in [0.05, 0.1) is 227 Å². The number of fused-ring (bicyclic) bond motifs is 2. The van der Waals surface area contributed by atoms with Crippen molar-refractivity contribution >= 4 is 21.5 Å². The summed E-state index contributed by atoms with van der Waals surface area (Å²) in [6.07, 6.45) is -1.21. The van der Waals surface area contributed by atoms with Gasteiger partial charge < -0.3 is 66.3 Å². The Morgan fingerprint density at radius 3 is 0.833 bits per heavy atom. The summed E-state index contributed by atoms with van der Waals surface area (Å²) in [6.45, 7) is 8.28. The van der Waals surface area contributed by atoms with E-state index in [4.69, 9.17) is 106 Å². The smallest absolute Gasteiger partial charge is 0.118 e. The third kappa shape index (κ3) is 25.5. The Hall–Kier alpha value is -13.7. The van der Waals surface area contributed by atoms with E-state index in [1.807, 2.05) is 232 Å². The summed E-state index contributed by atoms with van der Waals surface area (Å²) in [4.78, 5) is 40.1. The molecule has 0 bridgehead atoms. The molecule has 0 radical (unpaired) electrons. The maximum Gasteiger partial charge on any atom is 0.118 e. The Labute approximate surface area is 769 Å². The van der Waals surface area contributed by atoms with Gasteiger partial charge in [0.15, 0.2) is 0 Å². The SMILES string of the molecule is COc1ccc(-c2cc(COCCOCCO[C@@H](COCc3cccc4ccccc34)[C@H](COCc3cccc4ccccc34)OCCOCCOCc3cc(-c4ccc(OC)cc4)cc(-c4cc(-c5ccc(OC)cc5)cc(COCc5cccc(-c6cccc(C)n6)n5)n4)n3)nc(-c3cc(-c4ccc(OC)cc4)cc(COCc4cccc(-c5cccc(C)n5)n4)n3)c2)cc1. The van der Waals surface area contributed by atoms with Crippen LogP contribution in [0.2, 0.25) is 0 Å². The topological polar surface area (TPSA) is 232 Å². The zero-order chi connectivity index (χ0) is 90.4. The fourth-order valence-corrected chi connectivity index (χ4v) is 15.5. The van der Waals surface area contributed by atoms with Gasteiger partial charge in [-0.2, -0.15) is 0 Å². The number of aromatic nitrogens is 8. The Bertz CT molecular complexity index is 6050. The molecule has 0 saturated heterocycles. The first kappa shape index (κ1) is 91.6. The lowest BCUT2D eigenvalue weighted by atomic mass is 10.0. The van der Waals surface area contributed by atoms with Crippen molar-refractivity contribution < 1.29 is 66.3 Å². The van der Waals surface area contributed by atoms with Crippen LogP contribution in [0.5, 0.6) is 23.0 Å². The van der Waals surface area contributed by atoms with E-state index < -0.39 is 12.2 Å². The van der Waals surface area contributed by atoms with Gasteiger partial charge in [0.2, 0.25) is 0 Å². The van der Waals surface area contributed by atoms with Crippen LogP contribution in [0.4, 0.5) is 0 Å². The average Bonchev–Trinajstić information content (AvgIpc) is 0.795. The highest BCUT2D eigenvalue weighted by Crippen LogP contribution is 2.36. The lowest BCUT2D eigenvalue weighted by Gasteiger charge is -2.28. The van der Waals surface area contributed by atoms with Gasteiger partial charge in [0, 0.05) is 11.4 Å². The number of nitrogens with zero attached hydrogens (tertiary/aromatic N) is 8. The third-order valence-corrected chi connectivity index (χ3v) is 22.3. The minimum Gasteiger partial charge on any atom is -0.497 e. The first-order valence-electron chi connectivity index (χ1n) is 44.2. The van der Waals surface area contributed by atoms with Crippen molar-refractivity contribution in [2.45, 2.75) is 78.9 Å². The molecule has 0 aliphatic rings. The highest BCUT2D eigenvalue weighted by molar-refractivity contribution is 5.87. The van der Waals surface area contributed by atoms with Crippen molar-refractivity contribution in [3.05, 3.63) is 360 Å². The second-order valence-electron chi connectivity index (χ2n) is 31.6. The van der Waals surface area contributed by atoms with E-state index in [0.717, 1.165) is 146 Å². The quantitative estimate of drug-likeness (QED) is 0.0323. The van der Waals surface area contributed by atoms with Gasteiger partial charge >= 0.3 is 0 Å². The normalized spacial score (nSPS) is 11.9. The predicted octanol–water partition coefficient (Wildman–Crippen LogP) is 21.5. The third-order valence-electron chi connectivity index (χ3n) is 22.3. The number of rotatable bonds is 47. The molecule has 16 aromatic rings. The molecule has 0 fully saturated rings. The highest BCUT2D eigenvalue weighted by Gasteiger charge is 2.26. The molecule has 0 saturated carbocycles. The van der Waals surface area contributed by atoms with E-state index in [1.165, 1.54) is 0 Å². The Morgan fingerprint density at radius 1 is 0.212 bits per heavy atom. The fourth-order valence-electron chi connectivity index (χ4n) is 15.5. The van der Waals surface area contributed by atoms with Gasteiger partial charge in [-0.1, -0.05) is 158 Å². The van der Waals surface area contributed by atoms with Crippen molar-refractivity contribution in [2.24, 2.45) is 0 Å². The molecule has 8 aromatic carbocycles. The molecule has 0 amide bonds. The standard InChI is InChI=1S/C110H106N8O14/c1-75-17-11-29-101(111-75)103-31-15-25-89(113-103)67-129-71-93-59-87(79-37-45-97(121-5)46-38-79)63-107(117-93)105-61-85(77-33-41-95(119-3)42-34-77)57-91(115-105)69-125-51-49-123-53-55-131-109(73-127-65-83-23-13-21-81-19-7-9-27-99(81)83)110(74-128-66-84-24-14-22-82-20-8-10-28-100(82)84)132-56-54-124-50-52-126-70-92-58-86(78-35-43-96(120-4)44-36-78)62-106(116-92)108-64-88(80-39-47-98(122-6)48-40-80)60-94(118-108)72-130-68-90-26-16-32-104(114-90)102-30-12-18-76(2)112-102/h7-48,57-64,109-110H,49-56,65-74H2,1-6H3/t109-,110-/m0/s1. The molecular weight excluding hydrogens is 1660 g/mol. The molecule has 2 atom stereocenters. The van der Waals surface area contributed by atoms with E-state index in [1.54, 1.807) is 28.4 Å². The van der Waals surface area contributed by atoms with Crippen molar-refractivity contribution in [3.8, 4) is 113 Å². The monoisotopic (exact) mass is 1760 g/mol. The summed E-state index contributed by atoms with van der Waals surface area (Å²) in [5.74, 6) is 2.99. The van der Waals surface area contributed by atoms with E-state index in [9.17, 15) is 0 Å². The number of hydrogen-bond donors (Lipinski definition) is 0. The molecule has 0 aliphatic heterocycles. The molecule has 0 unspecified atom stereocenters. The van der Waals surface area contributed by atoms with Crippen molar-refractivity contribution in [1.29, 1.82) is 0 Å². The van der Waals surface area contributed by atoms with Crippen LogP contribution < -0.4 is 18.9 Å². The van der Waals surface area contributed by atoms with Gasteiger partial charge in [-0.05, 0) is 237 Å². The minimum atomic E-state index is -0.605. The molecule has 22 nitrogen and oxygen atoms in total. The molecule has 16 rings (SSSR count). The molecule has 0 aliphatic carbocycles. The molecule has 0 N–H and O–H groups in total. The van der Waals surface area contributed by atoms with Gasteiger partial charge in [-0.15, -0.1) is 0 Å². The van der Waals surface area contributed by atoms with Crippen LogP contribution in [0.25, 0.3) is 112 Å². The maximum absolute atomic E-state index is 6.82. The molecular formula is C110H106N8O14. The van der Waals surface area contributed by atoms with Crippen molar-refractivity contribution in [1.82, 2.24) is 39.9 Å². The van der Waals surface area contributed by atoms with Crippen molar-refractivity contribution in [3.63, 3.8) is 0 Å². The van der Waals surface area contributed by atoms with Crippen LogP contribution in [0.15, 0.2) is 303 Å². The molecule has 8 aromatic heterocycles. The van der Waals surface area contributed by atoms with Crippen LogP contribution in [0.3, 0.4) is 0 Å². The molecule has 8 heterocycles. The molecule has 0 spiro atoms. The summed E-state index contributed by atoms with van der Waals surface area (Å²) in [5.41, 5.74) is 21.7. The van der Waals surface area contributed by atoms with Crippen LogP contribution in [-0.4, -0.2) is 147 Å². The lowest BCUT2D eigenvalue weighted by molar-refractivity contribution is -0.142. The van der Waals surface area contributed by atoms with E-state index in [-0.39, 0.29) is 106 Å². The number of pyridine rings is 8. The Morgan fingerprint density at radius 2 is 0.492 bits per heavy atom. The number of benzene rings is 8. The van der Waals surface area contributed by atoms with Gasteiger partial charge in [-0.25, -0.2) is 29.9 Å².